The largest absolute Gasteiger partial charge is 0.479 e. The SMILES string of the molecule is Nc1nc(-c2ccccc2)c(CCN2CCN(c3ccccc3[N+](=O)[O-])CC2)s1.O=C(O)C(O)C(O)C(=O)O. The molecule has 2 aromatic carbocycles. The van der Waals surface area contributed by atoms with Gasteiger partial charge < -0.3 is 31.1 Å². The highest BCUT2D eigenvalue weighted by Crippen LogP contribution is 2.31. The van der Waals surface area contributed by atoms with Crippen molar-refractivity contribution in [3.63, 3.8) is 0 Å². The predicted molar refractivity (Wildman–Crippen MR) is 145 cm³/mol. The quantitative estimate of drug-likeness (QED) is 0.187. The Labute approximate surface area is 227 Å². The van der Waals surface area contributed by atoms with Gasteiger partial charge in [0, 0.05) is 49.2 Å². The van der Waals surface area contributed by atoms with Gasteiger partial charge >= 0.3 is 11.9 Å². The van der Waals surface area contributed by atoms with Crippen LogP contribution in [0.15, 0.2) is 54.6 Å². The molecule has 2 unspecified atom stereocenters. The fraction of sp³-hybridized carbons (Fsp3) is 0.320. The maximum absolute atomic E-state index is 11.3. The van der Waals surface area contributed by atoms with Crippen LogP contribution in [0.1, 0.15) is 4.88 Å². The third-order valence-electron chi connectivity index (χ3n) is 6.01. The molecule has 1 aromatic heterocycles. The molecule has 1 fully saturated rings. The van der Waals surface area contributed by atoms with Crippen molar-refractivity contribution in [1.29, 1.82) is 0 Å². The molecule has 14 heteroatoms. The summed E-state index contributed by atoms with van der Waals surface area (Å²) in [5.74, 6) is -3.54. The van der Waals surface area contributed by atoms with Crippen LogP contribution in [-0.4, -0.2) is 92.1 Å². The minimum Gasteiger partial charge on any atom is -0.479 e. The van der Waals surface area contributed by atoms with E-state index in [4.69, 9.17) is 26.2 Å². The van der Waals surface area contributed by atoms with E-state index in [1.165, 1.54) is 4.88 Å². The average molecular weight is 560 g/mol. The van der Waals surface area contributed by atoms with Gasteiger partial charge in [0.15, 0.2) is 17.3 Å². The van der Waals surface area contributed by atoms with Crippen molar-refractivity contribution in [2.24, 2.45) is 0 Å². The van der Waals surface area contributed by atoms with E-state index in [0.29, 0.717) is 10.8 Å². The van der Waals surface area contributed by atoms with Crippen molar-refractivity contribution < 1.29 is 34.9 Å². The molecule has 2 heterocycles. The molecule has 39 heavy (non-hydrogen) atoms. The third kappa shape index (κ3) is 7.94. The standard InChI is InChI=1S/C21H23N5O2S.C4H6O6/c22-21-23-20(16-6-2-1-3-7-16)19(29-21)10-11-24-12-14-25(15-13-24)17-8-4-5-9-18(17)26(27)28;5-1(3(7)8)2(6)4(9)10/h1-9H,10-15H2,(H2,22,23);1-2,5-6H,(H,7,8)(H,9,10). The highest BCUT2D eigenvalue weighted by atomic mass is 32.1. The van der Waals surface area contributed by atoms with Gasteiger partial charge in [0.05, 0.1) is 10.6 Å². The van der Waals surface area contributed by atoms with Crippen LogP contribution in [0.2, 0.25) is 0 Å². The highest BCUT2D eigenvalue weighted by Gasteiger charge is 2.29. The minimum atomic E-state index is -2.27. The van der Waals surface area contributed by atoms with Crippen LogP contribution in [0.25, 0.3) is 11.3 Å². The summed E-state index contributed by atoms with van der Waals surface area (Å²) in [6, 6.07) is 17.1. The molecule has 4 rings (SSSR count). The number of hydrogen-bond donors (Lipinski definition) is 5. The Bertz CT molecular complexity index is 1260. The molecular formula is C25H29N5O8S. The second-order valence-corrected chi connectivity index (χ2v) is 9.70. The van der Waals surface area contributed by atoms with Gasteiger partial charge in [-0.3, -0.25) is 15.0 Å². The number of aliphatic hydroxyl groups excluding tert-OH is 2. The molecule has 6 N–H and O–H groups in total. The van der Waals surface area contributed by atoms with E-state index in [1.54, 1.807) is 23.5 Å². The van der Waals surface area contributed by atoms with E-state index < -0.39 is 24.1 Å². The predicted octanol–water partition coefficient (Wildman–Crippen LogP) is 1.54. The maximum atomic E-state index is 11.3. The zero-order valence-electron chi connectivity index (χ0n) is 20.8. The van der Waals surface area contributed by atoms with Gasteiger partial charge in [-0.05, 0) is 12.5 Å². The number of aromatic nitrogens is 1. The molecule has 0 aliphatic carbocycles. The number of piperazine rings is 1. The van der Waals surface area contributed by atoms with Gasteiger partial charge in [0.2, 0.25) is 0 Å². The molecule has 13 nitrogen and oxygen atoms in total. The first-order valence-corrected chi connectivity index (χ1v) is 12.7. The van der Waals surface area contributed by atoms with E-state index in [2.05, 4.69) is 26.9 Å². The number of carboxylic acids is 2. The Morgan fingerprint density at radius 1 is 0.974 bits per heavy atom. The minimum absolute atomic E-state index is 0.175. The van der Waals surface area contributed by atoms with Gasteiger partial charge in [0.25, 0.3) is 5.69 Å². The molecule has 1 aliphatic rings. The van der Waals surface area contributed by atoms with Gasteiger partial charge in [0.1, 0.15) is 5.69 Å². The Morgan fingerprint density at radius 3 is 2.10 bits per heavy atom. The summed E-state index contributed by atoms with van der Waals surface area (Å²) in [6.45, 7) is 4.23. The fourth-order valence-corrected chi connectivity index (χ4v) is 4.83. The Morgan fingerprint density at radius 2 is 1.54 bits per heavy atom. The number of para-hydroxylation sites is 2. The molecule has 0 radical (unpaired) electrons. The number of aliphatic hydroxyl groups is 2. The second-order valence-electron chi connectivity index (χ2n) is 8.58. The van der Waals surface area contributed by atoms with Crippen molar-refractivity contribution in [3.8, 4) is 11.3 Å². The first kappa shape index (κ1) is 29.4. The summed E-state index contributed by atoms with van der Waals surface area (Å²) in [4.78, 5) is 40.8. The summed E-state index contributed by atoms with van der Waals surface area (Å²) >= 11 is 1.55. The van der Waals surface area contributed by atoms with Crippen molar-refractivity contribution in [2.75, 3.05) is 43.4 Å². The summed E-state index contributed by atoms with van der Waals surface area (Å²) in [6.07, 6.45) is -3.64. The zero-order valence-corrected chi connectivity index (χ0v) is 21.6. The van der Waals surface area contributed by atoms with Crippen molar-refractivity contribution in [3.05, 3.63) is 69.6 Å². The van der Waals surface area contributed by atoms with Crippen LogP contribution in [0, 0.1) is 10.1 Å². The molecular weight excluding hydrogens is 530 g/mol. The molecule has 0 amide bonds. The Balaban J connectivity index is 0.000000360. The number of nitrogens with zero attached hydrogens (tertiary/aromatic N) is 4. The van der Waals surface area contributed by atoms with E-state index >= 15 is 0 Å². The van der Waals surface area contributed by atoms with E-state index in [1.807, 2.05) is 30.3 Å². The van der Waals surface area contributed by atoms with Crippen molar-refractivity contribution in [2.45, 2.75) is 18.6 Å². The molecule has 1 saturated heterocycles. The number of nitro benzene ring substituents is 1. The first-order chi connectivity index (χ1) is 18.6. The lowest BCUT2D eigenvalue weighted by molar-refractivity contribution is -0.384. The Kier molecular flexibility index (Phi) is 10.3. The number of carboxylic acid groups (broad SMARTS) is 2. The number of benzene rings is 2. The lowest BCUT2D eigenvalue weighted by atomic mass is 10.1. The van der Waals surface area contributed by atoms with Crippen LogP contribution in [-0.2, 0) is 16.0 Å². The topological polar surface area (TPSA) is 204 Å². The number of hydrogen-bond acceptors (Lipinski definition) is 11. The van der Waals surface area contributed by atoms with E-state index in [-0.39, 0.29) is 10.6 Å². The molecule has 0 bridgehead atoms. The number of thiazole rings is 1. The van der Waals surface area contributed by atoms with Crippen LogP contribution >= 0.6 is 11.3 Å². The maximum Gasteiger partial charge on any atom is 0.335 e. The molecule has 0 saturated carbocycles. The monoisotopic (exact) mass is 559 g/mol. The van der Waals surface area contributed by atoms with Gasteiger partial charge in [-0.25, -0.2) is 14.6 Å². The van der Waals surface area contributed by atoms with Crippen LogP contribution in [0.3, 0.4) is 0 Å². The number of nitro groups is 1. The lowest BCUT2D eigenvalue weighted by Gasteiger charge is -2.35. The van der Waals surface area contributed by atoms with Crippen molar-refractivity contribution in [1.82, 2.24) is 9.88 Å². The summed E-state index contributed by atoms with van der Waals surface area (Å²) < 4.78 is 0. The van der Waals surface area contributed by atoms with Crippen LogP contribution < -0.4 is 10.6 Å². The Hall–Kier alpha value is -4.11. The summed E-state index contributed by atoms with van der Waals surface area (Å²) in [7, 11) is 0. The van der Waals surface area contributed by atoms with Gasteiger partial charge in [-0.2, -0.15) is 0 Å². The molecule has 1 aliphatic heterocycles. The van der Waals surface area contributed by atoms with Crippen molar-refractivity contribution >= 4 is 39.8 Å². The smallest absolute Gasteiger partial charge is 0.335 e. The lowest BCUT2D eigenvalue weighted by Crippen LogP contribution is -2.47. The summed E-state index contributed by atoms with van der Waals surface area (Å²) in [5, 5.41) is 44.4. The van der Waals surface area contributed by atoms with Gasteiger partial charge in [-0.1, -0.05) is 42.5 Å². The van der Waals surface area contributed by atoms with E-state index in [0.717, 1.165) is 50.4 Å². The number of anilines is 2. The second kappa shape index (κ2) is 13.6. The number of nitrogens with two attached hydrogens (primary N) is 1. The summed E-state index contributed by atoms with van der Waals surface area (Å²) in [5.41, 5.74) is 8.93. The molecule has 208 valence electrons. The number of carbonyl (C=O) groups is 2. The number of nitrogen functional groups attached to an aromatic ring is 1. The molecule has 3 aromatic rings. The normalized spacial score (nSPS) is 15.1. The molecule has 2 atom stereocenters. The van der Waals surface area contributed by atoms with E-state index in [9.17, 15) is 19.7 Å². The first-order valence-electron chi connectivity index (χ1n) is 11.9. The van der Waals surface area contributed by atoms with Crippen LogP contribution in [0.4, 0.5) is 16.5 Å². The highest BCUT2D eigenvalue weighted by molar-refractivity contribution is 7.15. The van der Waals surface area contributed by atoms with Crippen LogP contribution in [0.5, 0.6) is 0 Å². The fourth-order valence-electron chi connectivity index (χ4n) is 3.99. The third-order valence-corrected chi connectivity index (χ3v) is 6.96. The average Bonchev–Trinajstić information content (AvgIpc) is 3.32. The molecule has 0 spiro atoms. The zero-order chi connectivity index (χ0) is 28.5. The van der Waals surface area contributed by atoms with Gasteiger partial charge in [-0.15, -0.1) is 11.3 Å². The number of rotatable bonds is 9. The number of aliphatic carboxylic acids is 2.